The maximum atomic E-state index is 12.1. The largest absolute Gasteiger partial charge is 0.505 e. The molecular formula is C23H34N4O3. The van der Waals surface area contributed by atoms with E-state index < -0.39 is 5.91 Å². The Morgan fingerprint density at radius 3 is 2.17 bits per heavy atom. The molecule has 2 rings (SSSR count). The van der Waals surface area contributed by atoms with Crippen molar-refractivity contribution < 1.29 is 14.7 Å². The van der Waals surface area contributed by atoms with Gasteiger partial charge in [-0.2, -0.15) is 5.26 Å². The van der Waals surface area contributed by atoms with Crippen LogP contribution in [0.4, 0.5) is 5.69 Å². The van der Waals surface area contributed by atoms with Gasteiger partial charge in [-0.3, -0.25) is 9.59 Å². The molecule has 0 saturated carbocycles. The normalized spacial score (nSPS) is 11.0. The van der Waals surface area contributed by atoms with Gasteiger partial charge in [0.05, 0.1) is 29.3 Å². The van der Waals surface area contributed by atoms with E-state index in [1.165, 1.54) is 23.5 Å². The number of phenolic OH excluding ortho intramolecular Hbond substituents is 1. The maximum absolute atomic E-state index is 12.1. The van der Waals surface area contributed by atoms with E-state index >= 15 is 0 Å². The molecule has 164 valence electrons. The lowest BCUT2D eigenvalue weighted by atomic mass is 9.98. The fourth-order valence-corrected chi connectivity index (χ4v) is 2.24. The number of nitrogens with zero attached hydrogens (tertiary/aromatic N) is 2. The highest BCUT2D eigenvalue weighted by Crippen LogP contribution is 2.33. The van der Waals surface area contributed by atoms with Gasteiger partial charge in [-0.15, -0.1) is 12.8 Å². The van der Waals surface area contributed by atoms with Gasteiger partial charge in [0, 0.05) is 26.3 Å². The van der Waals surface area contributed by atoms with Crippen LogP contribution in [0.5, 0.6) is 5.75 Å². The zero-order valence-electron chi connectivity index (χ0n) is 19.1. The van der Waals surface area contributed by atoms with Crippen LogP contribution in [0.25, 0.3) is 0 Å². The fourth-order valence-electron chi connectivity index (χ4n) is 2.24. The van der Waals surface area contributed by atoms with Gasteiger partial charge < -0.3 is 20.6 Å². The van der Waals surface area contributed by atoms with E-state index in [0.29, 0.717) is 18.7 Å². The third kappa shape index (κ3) is 7.89. The molecule has 7 nitrogen and oxygen atoms in total. The van der Waals surface area contributed by atoms with Gasteiger partial charge in [-0.05, 0) is 19.1 Å². The lowest BCUT2D eigenvalue weighted by Crippen LogP contribution is -2.32. The number of nitrogens with one attached hydrogen (secondary N) is 2. The van der Waals surface area contributed by atoms with Crippen molar-refractivity contribution in [2.24, 2.45) is 0 Å². The van der Waals surface area contributed by atoms with E-state index in [2.05, 4.69) is 37.3 Å². The number of carbonyl (C=O) groups excluding carboxylic acids is 2. The van der Waals surface area contributed by atoms with Crippen molar-refractivity contribution >= 4 is 17.4 Å². The summed E-state index contributed by atoms with van der Waals surface area (Å²) in [5, 5.41) is 25.3. The first kappa shape index (κ1) is 28.8. The van der Waals surface area contributed by atoms with Gasteiger partial charge in [0.15, 0.2) is 11.5 Å². The average Bonchev–Trinajstić information content (AvgIpc) is 2.75. The summed E-state index contributed by atoms with van der Waals surface area (Å²) in [4.78, 5) is 25.2. The summed E-state index contributed by atoms with van der Waals surface area (Å²) in [6.07, 6.45) is 9.55. The van der Waals surface area contributed by atoms with Crippen LogP contribution in [-0.4, -0.2) is 42.3 Å². The predicted molar refractivity (Wildman–Crippen MR) is 122 cm³/mol. The minimum Gasteiger partial charge on any atom is -0.505 e. The van der Waals surface area contributed by atoms with Crippen LogP contribution in [0.2, 0.25) is 0 Å². The number of allylic oxidation sites excluding steroid dienone is 2. The molecule has 0 aliphatic heterocycles. The lowest BCUT2D eigenvalue weighted by Gasteiger charge is -2.25. The first-order valence-electron chi connectivity index (χ1n) is 9.89. The molecule has 0 saturated heterocycles. The molecule has 0 aromatic heterocycles. The molecule has 0 radical (unpaired) electrons. The van der Waals surface area contributed by atoms with Crippen LogP contribution < -0.4 is 10.6 Å². The molecule has 1 aliphatic rings. The van der Waals surface area contributed by atoms with Gasteiger partial charge in [-0.1, -0.05) is 34.1 Å². The molecule has 1 amide bonds. The second-order valence-corrected chi connectivity index (χ2v) is 6.05. The number of Topliss-reactive ketones (excluding diaryl/α,β-unsaturated/α-hetero) is 1. The zero-order chi connectivity index (χ0) is 23.9. The van der Waals surface area contributed by atoms with Crippen molar-refractivity contribution in [1.29, 1.82) is 5.26 Å². The molecule has 1 aromatic carbocycles. The highest BCUT2D eigenvalue weighted by Gasteiger charge is 2.28. The van der Waals surface area contributed by atoms with Crippen molar-refractivity contribution in [3.05, 3.63) is 34.7 Å². The summed E-state index contributed by atoms with van der Waals surface area (Å²) in [6, 6.07) is 4.68. The molecular weight excluding hydrogens is 380 g/mol. The zero-order valence-corrected chi connectivity index (χ0v) is 19.1. The molecule has 0 heterocycles. The highest BCUT2D eigenvalue weighted by atomic mass is 16.3. The van der Waals surface area contributed by atoms with E-state index in [9.17, 15) is 14.7 Å². The number of benzene rings is 1. The first-order valence-corrected chi connectivity index (χ1v) is 9.89. The summed E-state index contributed by atoms with van der Waals surface area (Å²) in [7, 11) is 3.10. The Bertz CT molecular complexity index is 803. The van der Waals surface area contributed by atoms with Crippen molar-refractivity contribution in [3.63, 3.8) is 0 Å². The highest BCUT2D eigenvalue weighted by molar-refractivity contribution is 6.07. The van der Waals surface area contributed by atoms with Crippen LogP contribution in [0.15, 0.2) is 23.5 Å². The van der Waals surface area contributed by atoms with E-state index in [4.69, 9.17) is 5.26 Å². The first-order chi connectivity index (χ1) is 14.3. The summed E-state index contributed by atoms with van der Waals surface area (Å²) < 4.78 is 0. The van der Waals surface area contributed by atoms with Crippen LogP contribution in [0.1, 0.15) is 63.4 Å². The molecule has 0 atom stereocenters. The Kier molecular flexibility index (Phi) is 14.8. The molecule has 0 fully saturated rings. The molecule has 1 aliphatic carbocycles. The fraction of sp³-hybridized carbons (Fsp3) is 0.435. The quantitative estimate of drug-likeness (QED) is 0.499. The number of rotatable bonds is 5. The summed E-state index contributed by atoms with van der Waals surface area (Å²) in [5.74, 6) is -0.808. The number of ketones is 1. The number of aromatic hydroxyl groups is 1. The van der Waals surface area contributed by atoms with Crippen LogP contribution >= 0.6 is 0 Å². The summed E-state index contributed by atoms with van der Waals surface area (Å²) in [6.45, 7) is 10.8. The standard InChI is InChI=1S/C16H18N4O3.C3H8.C2H6.C2H2/c1-4-18-11-7-13(21)14(11)19-12-6-9(8-17)5-10(15(12)22)16(23)20(2)3;1-3-2;2*1-2/h5-6,18-19,22H,4,7H2,1-3H3;3H2,1-2H3;1-2H3;1-2H. The molecule has 1 aromatic rings. The maximum Gasteiger partial charge on any atom is 0.257 e. The second-order valence-electron chi connectivity index (χ2n) is 6.05. The second kappa shape index (κ2) is 15.5. The van der Waals surface area contributed by atoms with Gasteiger partial charge in [0.25, 0.3) is 5.91 Å². The van der Waals surface area contributed by atoms with Crippen LogP contribution in [0, 0.1) is 24.2 Å². The number of phenols is 1. The van der Waals surface area contributed by atoms with E-state index in [0.717, 1.165) is 5.70 Å². The molecule has 7 heteroatoms. The minimum atomic E-state index is -0.427. The monoisotopic (exact) mass is 414 g/mol. The van der Waals surface area contributed by atoms with Crippen molar-refractivity contribution in [1.82, 2.24) is 10.2 Å². The number of anilines is 1. The van der Waals surface area contributed by atoms with Crippen LogP contribution in [0.3, 0.4) is 0 Å². The molecule has 0 unspecified atom stereocenters. The Hall–Kier alpha value is -3.45. The summed E-state index contributed by atoms with van der Waals surface area (Å²) >= 11 is 0. The van der Waals surface area contributed by atoms with Crippen molar-refractivity contribution in [3.8, 4) is 24.7 Å². The number of amides is 1. The minimum absolute atomic E-state index is 0.00826. The lowest BCUT2D eigenvalue weighted by molar-refractivity contribution is -0.116. The SMILES string of the molecule is C#C.CC.CCC.CCNC1=C(Nc2cc(C#N)cc(C(=O)N(C)C)c2O)C(=O)C1. The topological polar surface area (TPSA) is 105 Å². The van der Waals surface area contributed by atoms with E-state index in [1.807, 2.05) is 26.8 Å². The number of terminal acetylenes is 1. The molecule has 0 bridgehead atoms. The molecule has 3 N–H and O–H groups in total. The predicted octanol–water partition coefficient (Wildman–Crippen LogP) is 3.86. The van der Waals surface area contributed by atoms with Crippen LogP contribution in [-0.2, 0) is 4.79 Å². The average molecular weight is 415 g/mol. The third-order valence-corrected chi connectivity index (χ3v) is 3.44. The van der Waals surface area contributed by atoms with E-state index in [1.54, 1.807) is 14.1 Å². The Balaban J connectivity index is 0. The van der Waals surface area contributed by atoms with Crippen molar-refractivity contribution in [2.45, 2.75) is 47.5 Å². The number of hydrogen-bond donors (Lipinski definition) is 3. The summed E-state index contributed by atoms with van der Waals surface area (Å²) in [5.41, 5.74) is 1.48. The van der Waals surface area contributed by atoms with Crippen molar-refractivity contribution in [2.75, 3.05) is 26.0 Å². The molecule has 30 heavy (non-hydrogen) atoms. The smallest absolute Gasteiger partial charge is 0.257 e. The van der Waals surface area contributed by atoms with Gasteiger partial charge >= 0.3 is 0 Å². The van der Waals surface area contributed by atoms with Gasteiger partial charge in [-0.25, -0.2) is 0 Å². The van der Waals surface area contributed by atoms with Gasteiger partial charge in [0.1, 0.15) is 5.70 Å². The number of nitriles is 1. The number of carbonyl (C=O) groups is 2. The van der Waals surface area contributed by atoms with Gasteiger partial charge in [0.2, 0.25) is 0 Å². The Morgan fingerprint density at radius 2 is 1.77 bits per heavy atom. The Morgan fingerprint density at radius 1 is 1.23 bits per heavy atom. The Labute approximate surface area is 180 Å². The molecule has 0 spiro atoms. The third-order valence-electron chi connectivity index (χ3n) is 3.44. The van der Waals surface area contributed by atoms with E-state index in [-0.39, 0.29) is 28.3 Å². The number of hydrogen-bond acceptors (Lipinski definition) is 6.